The number of carbonyl (C=O) groups is 1. The molecule has 1 aromatic rings. The van der Waals surface area contributed by atoms with Crippen LogP contribution in [0.3, 0.4) is 0 Å². The lowest BCUT2D eigenvalue weighted by Gasteiger charge is -2.30. The first-order valence-corrected chi connectivity index (χ1v) is 8.33. The van der Waals surface area contributed by atoms with Gasteiger partial charge in [-0.3, -0.25) is 10.1 Å². The molecule has 2 atom stereocenters. The van der Waals surface area contributed by atoms with Gasteiger partial charge in [0.1, 0.15) is 10.6 Å². The Morgan fingerprint density at radius 1 is 1.67 bits per heavy atom. The Morgan fingerprint density at radius 3 is 2.95 bits per heavy atom. The van der Waals surface area contributed by atoms with Crippen molar-refractivity contribution < 1.29 is 9.53 Å². The SMILES string of the molecule is COC(=O)C(C)(CC(C)Sc1ncccc1Cl)NC1CC1. The molecule has 1 saturated carbocycles. The Labute approximate surface area is 135 Å². The lowest BCUT2D eigenvalue weighted by molar-refractivity contribution is -0.148. The molecule has 21 heavy (non-hydrogen) atoms. The van der Waals surface area contributed by atoms with E-state index in [2.05, 4.69) is 17.2 Å². The van der Waals surface area contributed by atoms with E-state index in [1.54, 1.807) is 18.0 Å². The third-order valence-electron chi connectivity index (χ3n) is 3.47. The standard InChI is InChI=1S/C15H21ClN2O2S/c1-10(21-13-12(16)5-4-8-17-13)9-15(2,14(19)20-3)18-11-6-7-11/h4-5,8,10-11,18H,6-7,9H2,1-3H3. The predicted molar refractivity (Wildman–Crippen MR) is 85.8 cm³/mol. The number of nitrogens with one attached hydrogen (secondary N) is 1. The van der Waals surface area contributed by atoms with E-state index in [-0.39, 0.29) is 11.2 Å². The number of thioether (sulfide) groups is 1. The number of nitrogens with zero attached hydrogens (tertiary/aromatic N) is 1. The summed E-state index contributed by atoms with van der Waals surface area (Å²) in [7, 11) is 1.43. The zero-order valence-electron chi connectivity index (χ0n) is 12.6. The third-order valence-corrected chi connectivity index (χ3v) is 5.00. The number of esters is 1. The van der Waals surface area contributed by atoms with Crippen molar-refractivity contribution in [1.29, 1.82) is 0 Å². The molecule has 0 aliphatic heterocycles. The predicted octanol–water partition coefficient (Wildman–Crippen LogP) is 3.29. The lowest BCUT2D eigenvalue weighted by atomic mass is 9.96. The molecular weight excluding hydrogens is 308 g/mol. The van der Waals surface area contributed by atoms with Gasteiger partial charge in [0.15, 0.2) is 0 Å². The molecule has 0 aromatic carbocycles. The van der Waals surface area contributed by atoms with Crippen molar-refractivity contribution in [1.82, 2.24) is 10.3 Å². The fraction of sp³-hybridized carbons (Fsp3) is 0.600. The minimum absolute atomic E-state index is 0.188. The second-order valence-electron chi connectivity index (χ2n) is 5.67. The number of rotatable bonds is 7. The van der Waals surface area contributed by atoms with Gasteiger partial charge >= 0.3 is 5.97 Å². The van der Waals surface area contributed by atoms with Gasteiger partial charge in [0.05, 0.1) is 12.1 Å². The Balaban J connectivity index is 2.02. The number of hydrogen-bond donors (Lipinski definition) is 1. The van der Waals surface area contributed by atoms with E-state index in [0.717, 1.165) is 17.9 Å². The highest BCUT2D eigenvalue weighted by atomic mass is 35.5. The second kappa shape index (κ2) is 6.99. The van der Waals surface area contributed by atoms with E-state index in [9.17, 15) is 4.79 Å². The lowest BCUT2D eigenvalue weighted by Crippen LogP contribution is -2.52. The van der Waals surface area contributed by atoms with Crippen molar-refractivity contribution in [2.45, 2.75) is 55.0 Å². The summed E-state index contributed by atoms with van der Waals surface area (Å²) < 4.78 is 4.97. The molecule has 1 aliphatic rings. The molecule has 4 nitrogen and oxygen atoms in total. The average Bonchev–Trinajstić information content (AvgIpc) is 3.24. The molecule has 0 amide bonds. The van der Waals surface area contributed by atoms with E-state index in [1.807, 2.05) is 19.1 Å². The molecule has 0 saturated heterocycles. The molecule has 6 heteroatoms. The van der Waals surface area contributed by atoms with Gasteiger partial charge in [-0.1, -0.05) is 18.5 Å². The first-order chi connectivity index (χ1) is 9.94. The topological polar surface area (TPSA) is 51.2 Å². The Bertz CT molecular complexity index is 510. The summed E-state index contributed by atoms with van der Waals surface area (Å²) >= 11 is 7.71. The van der Waals surface area contributed by atoms with Crippen molar-refractivity contribution in [3.63, 3.8) is 0 Å². The number of halogens is 1. The van der Waals surface area contributed by atoms with Crippen LogP contribution in [0.25, 0.3) is 0 Å². The highest BCUT2D eigenvalue weighted by Crippen LogP contribution is 2.33. The first kappa shape index (κ1) is 16.6. The molecule has 1 fully saturated rings. The summed E-state index contributed by atoms with van der Waals surface area (Å²) in [6, 6.07) is 4.07. The van der Waals surface area contributed by atoms with Gasteiger partial charge in [-0.25, -0.2) is 4.98 Å². The number of carbonyl (C=O) groups excluding carboxylic acids is 1. The summed E-state index contributed by atoms with van der Waals surface area (Å²) in [5.41, 5.74) is -0.663. The van der Waals surface area contributed by atoms with Crippen LogP contribution >= 0.6 is 23.4 Å². The molecular formula is C15H21ClN2O2S. The molecule has 2 rings (SSSR count). The molecule has 0 spiro atoms. The molecule has 1 N–H and O–H groups in total. The van der Waals surface area contributed by atoms with Crippen LogP contribution in [0.4, 0.5) is 0 Å². The number of methoxy groups -OCH3 is 1. The number of hydrogen-bond acceptors (Lipinski definition) is 5. The van der Waals surface area contributed by atoms with Crippen molar-refractivity contribution in [3.05, 3.63) is 23.4 Å². The molecule has 2 unspecified atom stereocenters. The van der Waals surface area contributed by atoms with Gasteiger partial charge in [-0.15, -0.1) is 11.8 Å². The van der Waals surface area contributed by atoms with E-state index in [0.29, 0.717) is 17.5 Å². The van der Waals surface area contributed by atoms with Gasteiger partial charge in [-0.05, 0) is 38.3 Å². The van der Waals surface area contributed by atoms with Crippen LogP contribution in [0.5, 0.6) is 0 Å². The highest BCUT2D eigenvalue weighted by Gasteiger charge is 2.40. The van der Waals surface area contributed by atoms with Crippen molar-refractivity contribution >= 4 is 29.3 Å². The average molecular weight is 329 g/mol. The summed E-state index contributed by atoms with van der Waals surface area (Å²) in [4.78, 5) is 16.4. The highest BCUT2D eigenvalue weighted by molar-refractivity contribution is 7.99. The zero-order valence-corrected chi connectivity index (χ0v) is 14.1. The monoisotopic (exact) mass is 328 g/mol. The molecule has 116 valence electrons. The maximum atomic E-state index is 12.1. The van der Waals surface area contributed by atoms with E-state index in [1.165, 1.54) is 7.11 Å². The molecule has 1 aromatic heterocycles. The van der Waals surface area contributed by atoms with Crippen LogP contribution in [0, 0.1) is 0 Å². The summed E-state index contributed by atoms with van der Waals surface area (Å²) in [5, 5.41) is 5.04. The van der Waals surface area contributed by atoms with Gasteiger partial charge < -0.3 is 4.74 Å². The second-order valence-corrected chi connectivity index (χ2v) is 7.50. The number of pyridine rings is 1. The van der Waals surface area contributed by atoms with Crippen molar-refractivity contribution in [2.24, 2.45) is 0 Å². The fourth-order valence-electron chi connectivity index (χ4n) is 2.37. The minimum atomic E-state index is -0.663. The van der Waals surface area contributed by atoms with Crippen molar-refractivity contribution in [3.8, 4) is 0 Å². The fourth-order valence-corrected chi connectivity index (χ4v) is 3.73. The van der Waals surface area contributed by atoms with Crippen LogP contribution in [0.2, 0.25) is 5.02 Å². The van der Waals surface area contributed by atoms with E-state index < -0.39 is 5.54 Å². The maximum absolute atomic E-state index is 12.1. The van der Waals surface area contributed by atoms with Crippen LogP contribution in [-0.2, 0) is 9.53 Å². The zero-order chi connectivity index (χ0) is 15.5. The maximum Gasteiger partial charge on any atom is 0.325 e. The summed E-state index contributed by atoms with van der Waals surface area (Å²) in [6.45, 7) is 3.99. The van der Waals surface area contributed by atoms with Crippen LogP contribution < -0.4 is 5.32 Å². The molecule has 0 bridgehead atoms. The van der Waals surface area contributed by atoms with Gasteiger partial charge in [-0.2, -0.15) is 0 Å². The van der Waals surface area contributed by atoms with Crippen LogP contribution in [0.15, 0.2) is 23.4 Å². The summed E-state index contributed by atoms with van der Waals surface area (Å²) in [6.07, 6.45) is 4.64. The smallest absolute Gasteiger partial charge is 0.325 e. The van der Waals surface area contributed by atoms with Crippen LogP contribution in [0.1, 0.15) is 33.1 Å². The van der Waals surface area contributed by atoms with Crippen LogP contribution in [-0.4, -0.2) is 34.9 Å². The minimum Gasteiger partial charge on any atom is -0.468 e. The number of ether oxygens (including phenoxy) is 1. The Kier molecular flexibility index (Phi) is 5.52. The summed E-state index contributed by atoms with van der Waals surface area (Å²) in [5.74, 6) is -0.214. The van der Waals surface area contributed by atoms with Gasteiger partial charge in [0.2, 0.25) is 0 Å². The largest absolute Gasteiger partial charge is 0.468 e. The number of aromatic nitrogens is 1. The normalized spacial score (nSPS) is 18.9. The van der Waals surface area contributed by atoms with Crippen molar-refractivity contribution in [2.75, 3.05) is 7.11 Å². The van der Waals surface area contributed by atoms with E-state index >= 15 is 0 Å². The quantitative estimate of drug-likeness (QED) is 0.615. The molecule has 1 aliphatic carbocycles. The van der Waals surface area contributed by atoms with Gasteiger partial charge in [0, 0.05) is 17.5 Å². The Morgan fingerprint density at radius 2 is 2.38 bits per heavy atom. The Hall–Kier alpha value is -0.780. The van der Waals surface area contributed by atoms with E-state index in [4.69, 9.17) is 16.3 Å². The first-order valence-electron chi connectivity index (χ1n) is 7.08. The van der Waals surface area contributed by atoms with Gasteiger partial charge in [0.25, 0.3) is 0 Å². The molecule has 1 heterocycles. The third kappa shape index (κ3) is 4.59. The molecule has 0 radical (unpaired) electrons.